The summed E-state index contributed by atoms with van der Waals surface area (Å²) in [5.74, 6) is 2.05. The molecule has 0 radical (unpaired) electrons. The summed E-state index contributed by atoms with van der Waals surface area (Å²) in [6.45, 7) is 9.77. The van der Waals surface area contributed by atoms with Crippen LogP contribution in [0.1, 0.15) is 59.8 Å². The summed E-state index contributed by atoms with van der Waals surface area (Å²) in [5, 5.41) is 0. The SMILES string of the molecule is CCC1CC(C)(C)C[C@]2(C1)CC2C. The van der Waals surface area contributed by atoms with Crippen molar-refractivity contribution in [2.24, 2.45) is 22.7 Å². The lowest BCUT2D eigenvalue weighted by Crippen LogP contribution is -2.30. The molecule has 0 aromatic heterocycles. The van der Waals surface area contributed by atoms with E-state index in [1.165, 1.54) is 32.1 Å². The molecule has 2 rings (SSSR count). The Bertz CT molecular complexity index is 204. The third-order valence-corrected chi connectivity index (χ3v) is 4.54. The molecule has 0 bridgehead atoms. The van der Waals surface area contributed by atoms with Crippen molar-refractivity contribution in [3.8, 4) is 0 Å². The van der Waals surface area contributed by atoms with E-state index in [-0.39, 0.29) is 0 Å². The maximum Gasteiger partial charge on any atom is -0.0261 e. The first-order valence-electron chi connectivity index (χ1n) is 5.97. The van der Waals surface area contributed by atoms with E-state index in [0.29, 0.717) is 5.41 Å². The van der Waals surface area contributed by atoms with Crippen LogP contribution in [0.2, 0.25) is 0 Å². The van der Waals surface area contributed by atoms with Crippen LogP contribution in [0.15, 0.2) is 0 Å². The van der Waals surface area contributed by atoms with Crippen LogP contribution in [0.5, 0.6) is 0 Å². The summed E-state index contributed by atoms with van der Waals surface area (Å²) in [7, 11) is 0. The van der Waals surface area contributed by atoms with Crippen molar-refractivity contribution in [3.63, 3.8) is 0 Å². The maximum atomic E-state index is 2.47. The number of rotatable bonds is 1. The van der Waals surface area contributed by atoms with E-state index in [2.05, 4.69) is 27.7 Å². The summed E-state index contributed by atoms with van der Waals surface area (Å²) in [5.41, 5.74) is 1.42. The van der Waals surface area contributed by atoms with Gasteiger partial charge in [-0.25, -0.2) is 0 Å². The Hall–Kier alpha value is 0. The number of hydrogen-bond acceptors (Lipinski definition) is 0. The zero-order valence-corrected chi connectivity index (χ0v) is 9.69. The topological polar surface area (TPSA) is 0 Å². The summed E-state index contributed by atoms with van der Waals surface area (Å²) >= 11 is 0. The molecular weight excluding hydrogens is 156 g/mol. The Morgan fingerprint density at radius 2 is 1.77 bits per heavy atom. The molecule has 2 saturated carbocycles. The van der Waals surface area contributed by atoms with Crippen molar-refractivity contribution < 1.29 is 0 Å². The molecule has 2 unspecified atom stereocenters. The molecule has 3 atom stereocenters. The molecule has 0 nitrogen and oxygen atoms in total. The first-order chi connectivity index (χ1) is 5.97. The molecule has 0 N–H and O–H groups in total. The summed E-state index contributed by atoms with van der Waals surface area (Å²) < 4.78 is 0. The fourth-order valence-electron chi connectivity index (χ4n) is 3.90. The molecule has 13 heavy (non-hydrogen) atoms. The van der Waals surface area contributed by atoms with Gasteiger partial charge >= 0.3 is 0 Å². The Balaban J connectivity index is 2.09. The lowest BCUT2D eigenvalue weighted by molar-refractivity contribution is 0.0986. The van der Waals surface area contributed by atoms with Gasteiger partial charge in [0.15, 0.2) is 0 Å². The fourth-order valence-corrected chi connectivity index (χ4v) is 3.90. The van der Waals surface area contributed by atoms with Crippen LogP contribution in [0.3, 0.4) is 0 Å². The van der Waals surface area contributed by atoms with Crippen LogP contribution in [0, 0.1) is 22.7 Å². The minimum absolute atomic E-state index is 0.629. The molecule has 2 fully saturated rings. The molecule has 0 amide bonds. The molecule has 0 aromatic rings. The maximum absolute atomic E-state index is 2.47. The van der Waals surface area contributed by atoms with Crippen LogP contribution in [0.25, 0.3) is 0 Å². The molecule has 1 spiro atoms. The van der Waals surface area contributed by atoms with Gasteiger partial charge < -0.3 is 0 Å². The monoisotopic (exact) mass is 180 g/mol. The second-order valence-electron chi connectivity index (χ2n) is 6.49. The number of hydrogen-bond donors (Lipinski definition) is 0. The average Bonchev–Trinajstić information content (AvgIpc) is 2.56. The van der Waals surface area contributed by atoms with Crippen molar-refractivity contribution in [1.82, 2.24) is 0 Å². The molecule has 0 aliphatic heterocycles. The van der Waals surface area contributed by atoms with Gasteiger partial charge in [-0.3, -0.25) is 0 Å². The Morgan fingerprint density at radius 1 is 1.15 bits per heavy atom. The van der Waals surface area contributed by atoms with Gasteiger partial charge in [0, 0.05) is 0 Å². The molecule has 2 aliphatic carbocycles. The van der Waals surface area contributed by atoms with Crippen LogP contribution in [-0.2, 0) is 0 Å². The Kier molecular flexibility index (Phi) is 2.02. The molecular formula is C13H24. The zero-order chi connectivity index (χ0) is 9.69. The van der Waals surface area contributed by atoms with Crippen LogP contribution in [-0.4, -0.2) is 0 Å². The second kappa shape index (κ2) is 2.74. The highest BCUT2D eigenvalue weighted by Gasteiger charge is 2.56. The lowest BCUT2D eigenvalue weighted by atomic mass is 9.64. The van der Waals surface area contributed by atoms with E-state index in [0.717, 1.165) is 17.3 Å². The average molecular weight is 180 g/mol. The highest BCUT2D eigenvalue weighted by Crippen LogP contribution is 2.66. The van der Waals surface area contributed by atoms with Crippen LogP contribution < -0.4 is 0 Å². The van der Waals surface area contributed by atoms with Crippen molar-refractivity contribution in [3.05, 3.63) is 0 Å². The van der Waals surface area contributed by atoms with Gasteiger partial charge in [-0.2, -0.15) is 0 Å². The first-order valence-corrected chi connectivity index (χ1v) is 5.97. The minimum atomic E-state index is 0.629. The summed E-state index contributed by atoms with van der Waals surface area (Å²) in [6, 6.07) is 0. The fraction of sp³-hybridized carbons (Fsp3) is 1.00. The van der Waals surface area contributed by atoms with Crippen molar-refractivity contribution in [2.45, 2.75) is 59.8 Å². The third-order valence-electron chi connectivity index (χ3n) is 4.54. The Morgan fingerprint density at radius 3 is 2.23 bits per heavy atom. The second-order valence-corrected chi connectivity index (χ2v) is 6.49. The van der Waals surface area contributed by atoms with E-state index in [4.69, 9.17) is 0 Å². The predicted molar refractivity (Wildman–Crippen MR) is 57.6 cm³/mol. The van der Waals surface area contributed by atoms with E-state index >= 15 is 0 Å². The standard InChI is InChI=1S/C13H24/c1-5-11-7-12(3,4)9-13(8-11)6-10(13)2/h10-11H,5-9H2,1-4H3/t10?,11?,13-/m1/s1. The molecule has 2 aliphatic rings. The largest absolute Gasteiger partial charge is 0.0651 e. The van der Waals surface area contributed by atoms with Crippen molar-refractivity contribution in [1.29, 1.82) is 0 Å². The molecule has 76 valence electrons. The summed E-state index contributed by atoms with van der Waals surface area (Å²) in [4.78, 5) is 0. The van der Waals surface area contributed by atoms with Crippen LogP contribution >= 0.6 is 0 Å². The first kappa shape index (κ1) is 9.55. The quantitative estimate of drug-likeness (QED) is 0.566. The minimum Gasteiger partial charge on any atom is -0.0651 e. The lowest BCUT2D eigenvalue weighted by Gasteiger charge is -2.41. The van der Waals surface area contributed by atoms with Crippen molar-refractivity contribution in [2.75, 3.05) is 0 Å². The zero-order valence-electron chi connectivity index (χ0n) is 9.69. The highest BCUT2D eigenvalue weighted by molar-refractivity contribution is 5.06. The predicted octanol–water partition coefficient (Wildman–Crippen LogP) is 4.25. The third kappa shape index (κ3) is 1.65. The molecule has 0 heteroatoms. The van der Waals surface area contributed by atoms with Gasteiger partial charge in [0.05, 0.1) is 0 Å². The highest BCUT2D eigenvalue weighted by atomic mass is 14.6. The smallest absolute Gasteiger partial charge is 0.0261 e. The molecule has 0 aromatic carbocycles. The molecule has 0 heterocycles. The van der Waals surface area contributed by atoms with Gasteiger partial charge in [-0.05, 0) is 48.3 Å². The van der Waals surface area contributed by atoms with Crippen LogP contribution in [0.4, 0.5) is 0 Å². The van der Waals surface area contributed by atoms with Gasteiger partial charge in [-0.1, -0.05) is 34.1 Å². The van der Waals surface area contributed by atoms with Crippen molar-refractivity contribution >= 4 is 0 Å². The van der Waals surface area contributed by atoms with Gasteiger partial charge in [-0.15, -0.1) is 0 Å². The Labute approximate surface area is 83.1 Å². The van der Waals surface area contributed by atoms with E-state index < -0.39 is 0 Å². The van der Waals surface area contributed by atoms with Gasteiger partial charge in [0.25, 0.3) is 0 Å². The summed E-state index contributed by atoms with van der Waals surface area (Å²) in [6.07, 6.45) is 7.43. The van der Waals surface area contributed by atoms with Gasteiger partial charge in [0.1, 0.15) is 0 Å². The molecule has 0 saturated heterocycles. The van der Waals surface area contributed by atoms with E-state index in [1.807, 2.05) is 0 Å². The van der Waals surface area contributed by atoms with Gasteiger partial charge in [0.2, 0.25) is 0 Å². The normalized spacial score (nSPS) is 48.0. The van der Waals surface area contributed by atoms with E-state index in [9.17, 15) is 0 Å². The van der Waals surface area contributed by atoms with E-state index in [1.54, 1.807) is 0 Å².